The molecule has 1 heterocycles. The van der Waals surface area contributed by atoms with Gasteiger partial charge in [-0.2, -0.15) is 0 Å². The van der Waals surface area contributed by atoms with Crippen LogP contribution in [0.15, 0.2) is 11.4 Å². The quantitative estimate of drug-likeness (QED) is 0.680. The Labute approximate surface area is 125 Å². The number of Topliss-reactive ketones (excluding diaryl/α,β-unsaturated/α-hetero) is 1. The first kappa shape index (κ1) is 13.1. The Kier molecular flexibility index (Phi) is 2.46. The maximum absolute atomic E-state index is 13.3. The predicted molar refractivity (Wildman–Crippen MR) is 83.2 cm³/mol. The SMILES string of the molecule is Cc1ccsc1C(=O)C12CC3CC(C)(CC(C)(C3)C1)C2. The lowest BCUT2D eigenvalue weighted by atomic mass is 9.39. The summed E-state index contributed by atoms with van der Waals surface area (Å²) in [7, 11) is 0. The van der Waals surface area contributed by atoms with Gasteiger partial charge in [-0.3, -0.25) is 4.79 Å². The van der Waals surface area contributed by atoms with E-state index in [0.29, 0.717) is 16.6 Å². The van der Waals surface area contributed by atoms with E-state index in [1.807, 2.05) is 0 Å². The van der Waals surface area contributed by atoms with Gasteiger partial charge in [0.25, 0.3) is 0 Å². The van der Waals surface area contributed by atoms with Crippen LogP contribution in [0.3, 0.4) is 0 Å². The molecule has 4 fully saturated rings. The fourth-order valence-electron chi connectivity index (χ4n) is 6.55. The van der Waals surface area contributed by atoms with Crippen LogP contribution in [0.4, 0.5) is 0 Å². The number of ketones is 1. The molecule has 0 radical (unpaired) electrons. The summed E-state index contributed by atoms with van der Waals surface area (Å²) in [6.45, 7) is 6.98. The first-order valence-electron chi connectivity index (χ1n) is 7.92. The molecular formula is C18H24OS. The molecule has 1 aromatic rings. The van der Waals surface area contributed by atoms with Gasteiger partial charge in [-0.25, -0.2) is 0 Å². The maximum atomic E-state index is 13.3. The molecule has 2 heteroatoms. The molecule has 5 rings (SSSR count). The topological polar surface area (TPSA) is 17.1 Å². The first-order valence-corrected chi connectivity index (χ1v) is 8.80. The molecule has 2 atom stereocenters. The molecule has 1 nitrogen and oxygen atoms in total. The number of thiophene rings is 1. The van der Waals surface area contributed by atoms with E-state index in [1.54, 1.807) is 11.3 Å². The highest BCUT2D eigenvalue weighted by atomic mass is 32.1. The Hall–Kier alpha value is -0.630. The lowest BCUT2D eigenvalue weighted by Gasteiger charge is -2.64. The molecule has 0 aromatic carbocycles. The molecule has 2 unspecified atom stereocenters. The van der Waals surface area contributed by atoms with Crippen molar-refractivity contribution >= 4 is 17.1 Å². The molecule has 0 spiro atoms. The minimum atomic E-state index is -0.0292. The van der Waals surface area contributed by atoms with Crippen LogP contribution in [-0.2, 0) is 0 Å². The van der Waals surface area contributed by atoms with Crippen molar-refractivity contribution in [3.05, 3.63) is 21.9 Å². The van der Waals surface area contributed by atoms with Crippen LogP contribution in [0.2, 0.25) is 0 Å². The summed E-state index contributed by atoms with van der Waals surface area (Å²) in [6.07, 6.45) is 7.51. The molecule has 4 aliphatic rings. The van der Waals surface area contributed by atoms with Gasteiger partial charge in [0.05, 0.1) is 4.88 Å². The van der Waals surface area contributed by atoms with Crippen molar-refractivity contribution in [1.29, 1.82) is 0 Å². The second-order valence-corrected chi connectivity index (χ2v) is 9.59. The van der Waals surface area contributed by atoms with Crippen molar-refractivity contribution in [3.63, 3.8) is 0 Å². The predicted octanol–water partition coefficient (Wildman–Crippen LogP) is 5.24. The van der Waals surface area contributed by atoms with E-state index in [2.05, 4.69) is 32.2 Å². The largest absolute Gasteiger partial charge is 0.293 e. The normalized spacial score (nSPS) is 45.9. The first-order chi connectivity index (χ1) is 9.33. The van der Waals surface area contributed by atoms with Crippen LogP contribution in [0.5, 0.6) is 0 Å². The summed E-state index contributed by atoms with van der Waals surface area (Å²) in [6, 6.07) is 2.10. The van der Waals surface area contributed by atoms with Crippen LogP contribution < -0.4 is 0 Å². The molecule has 20 heavy (non-hydrogen) atoms. The number of hydrogen-bond donors (Lipinski definition) is 0. The molecule has 1 aromatic heterocycles. The summed E-state index contributed by atoms with van der Waals surface area (Å²) in [4.78, 5) is 14.3. The highest BCUT2D eigenvalue weighted by Gasteiger charge is 2.62. The van der Waals surface area contributed by atoms with Crippen LogP contribution in [0.25, 0.3) is 0 Å². The molecule has 0 amide bonds. The minimum absolute atomic E-state index is 0.0292. The zero-order chi connectivity index (χ0) is 14.2. The van der Waals surface area contributed by atoms with E-state index in [4.69, 9.17) is 0 Å². The molecule has 0 N–H and O–H groups in total. The van der Waals surface area contributed by atoms with Crippen LogP contribution >= 0.6 is 11.3 Å². The smallest absolute Gasteiger partial charge is 0.179 e. The third-order valence-electron chi connectivity index (χ3n) is 6.18. The highest BCUT2D eigenvalue weighted by Crippen LogP contribution is 2.70. The number of carbonyl (C=O) groups excluding carboxylic acids is 1. The highest BCUT2D eigenvalue weighted by molar-refractivity contribution is 7.12. The Bertz CT molecular complexity index is 566. The number of rotatable bonds is 2. The van der Waals surface area contributed by atoms with Gasteiger partial charge in [0, 0.05) is 5.41 Å². The van der Waals surface area contributed by atoms with E-state index in [-0.39, 0.29) is 5.41 Å². The lowest BCUT2D eigenvalue weighted by Crippen LogP contribution is -2.57. The Morgan fingerprint density at radius 2 is 1.80 bits per heavy atom. The summed E-state index contributed by atoms with van der Waals surface area (Å²) in [5, 5.41) is 2.08. The third-order valence-corrected chi connectivity index (χ3v) is 7.19. The minimum Gasteiger partial charge on any atom is -0.293 e. The van der Waals surface area contributed by atoms with E-state index in [0.717, 1.165) is 30.1 Å². The lowest BCUT2D eigenvalue weighted by molar-refractivity contribution is -0.125. The average molecular weight is 288 g/mol. The van der Waals surface area contributed by atoms with Crippen molar-refractivity contribution in [2.45, 2.75) is 59.3 Å². The zero-order valence-corrected chi connectivity index (χ0v) is 13.6. The Balaban J connectivity index is 1.78. The van der Waals surface area contributed by atoms with E-state index in [9.17, 15) is 4.79 Å². The van der Waals surface area contributed by atoms with Crippen molar-refractivity contribution in [1.82, 2.24) is 0 Å². The Morgan fingerprint density at radius 1 is 1.15 bits per heavy atom. The maximum Gasteiger partial charge on any atom is 0.179 e. The number of hydrogen-bond acceptors (Lipinski definition) is 2. The Morgan fingerprint density at radius 3 is 2.30 bits per heavy atom. The fourth-order valence-corrected chi connectivity index (χ4v) is 7.53. The molecule has 4 aliphatic carbocycles. The van der Waals surface area contributed by atoms with Crippen LogP contribution in [0.1, 0.15) is 67.6 Å². The standard InChI is InChI=1S/C18H24OS/c1-12-4-5-20-14(12)15(19)18-8-13-6-16(2,10-18)9-17(3,7-13)11-18/h4-5,13H,6-11H2,1-3H3. The monoisotopic (exact) mass is 288 g/mol. The third kappa shape index (κ3) is 1.70. The molecule has 0 saturated heterocycles. The van der Waals surface area contributed by atoms with Crippen molar-refractivity contribution in [3.8, 4) is 0 Å². The fraction of sp³-hybridized carbons (Fsp3) is 0.722. The van der Waals surface area contributed by atoms with E-state index in [1.165, 1.54) is 24.8 Å². The van der Waals surface area contributed by atoms with Crippen LogP contribution in [0, 0.1) is 29.1 Å². The van der Waals surface area contributed by atoms with E-state index < -0.39 is 0 Å². The van der Waals surface area contributed by atoms with Gasteiger partial charge >= 0.3 is 0 Å². The summed E-state index contributed by atoms with van der Waals surface area (Å²) >= 11 is 1.65. The van der Waals surface area contributed by atoms with Crippen molar-refractivity contribution in [2.24, 2.45) is 22.2 Å². The van der Waals surface area contributed by atoms with Gasteiger partial charge in [-0.1, -0.05) is 13.8 Å². The summed E-state index contributed by atoms with van der Waals surface area (Å²) in [5.41, 5.74) is 2.01. The second-order valence-electron chi connectivity index (χ2n) is 8.67. The van der Waals surface area contributed by atoms with Gasteiger partial charge in [-0.05, 0) is 79.2 Å². The molecule has 0 aliphatic heterocycles. The second kappa shape index (κ2) is 3.76. The van der Waals surface area contributed by atoms with E-state index >= 15 is 0 Å². The molecule has 4 saturated carbocycles. The van der Waals surface area contributed by atoms with Gasteiger partial charge in [0.2, 0.25) is 0 Å². The number of carbonyl (C=O) groups is 1. The molecule has 108 valence electrons. The van der Waals surface area contributed by atoms with Gasteiger partial charge in [0.15, 0.2) is 5.78 Å². The van der Waals surface area contributed by atoms with Gasteiger partial charge in [-0.15, -0.1) is 11.3 Å². The van der Waals surface area contributed by atoms with Crippen molar-refractivity contribution in [2.75, 3.05) is 0 Å². The summed E-state index contributed by atoms with van der Waals surface area (Å²) in [5.74, 6) is 1.28. The van der Waals surface area contributed by atoms with Crippen LogP contribution in [-0.4, -0.2) is 5.78 Å². The zero-order valence-electron chi connectivity index (χ0n) is 12.8. The van der Waals surface area contributed by atoms with Gasteiger partial charge in [0.1, 0.15) is 0 Å². The van der Waals surface area contributed by atoms with Crippen molar-refractivity contribution < 1.29 is 4.79 Å². The number of aryl methyl sites for hydroxylation is 1. The molecular weight excluding hydrogens is 264 g/mol. The summed E-state index contributed by atoms with van der Waals surface area (Å²) < 4.78 is 0. The molecule has 4 bridgehead atoms. The van der Waals surface area contributed by atoms with Gasteiger partial charge < -0.3 is 0 Å². The average Bonchev–Trinajstić information content (AvgIpc) is 2.69.